The Kier molecular flexibility index (Phi) is 5.38. The Hall–Kier alpha value is -2.47. The molecule has 2 aromatic rings. The molecule has 0 aliphatic carbocycles. The summed E-state index contributed by atoms with van der Waals surface area (Å²) in [4.78, 5) is 22.7. The zero-order chi connectivity index (χ0) is 16.8. The van der Waals surface area contributed by atoms with Crippen molar-refractivity contribution in [2.24, 2.45) is 0 Å². The van der Waals surface area contributed by atoms with Gasteiger partial charge in [0.15, 0.2) is 0 Å². The van der Waals surface area contributed by atoms with Gasteiger partial charge in [-0.1, -0.05) is 42.1 Å². The zero-order valence-electron chi connectivity index (χ0n) is 12.9. The molecule has 1 aliphatic rings. The van der Waals surface area contributed by atoms with Gasteiger partial charge in [-0.25, -0.2) is 0 Å². The Morgan fingerprint density at radius 2 is 1.50 bits per heavy atom. The molecule has 1 unspecified atom stereocenters. The summed E-state index contributed by atoms with van der Waals surface area (Å²) in [7, 11) is 0. The highest BCUT2D eigenvalue weighted by Crippen LogP contribution is 2.23. The molecule has 6 heteroatoms. The second-order valence-electron chi connectivity index (χ2n) is 5.24. The van der Waals surface area contributed by atoms with Crippen LogP contribution in [0.25, 0.3) is 0 Å². The van der Waals surface area contributed by atoms with Crippen LogP contribution >= 0.6 is 11.8 Å². The molecule has 2 aromatic carbocycles. The lowest BCUT2D eigenvalue weighted by atomic mass is 10.1. The van der Waals surface area contributed by atoms with Gasteiger partial charge in [-0.3, -0.25) is 14.9 Å². The van der Waals surface area contributed by atoms with E-state index in [9.17, 15) is 9.59 Å². The third kappa shape index (κ3) is 4.52. The average molecular weight is 343 g/mol. The van der Waals surface area contributed by atoms with Crippen molar-refractivity contribution >= 4 is 22.9 Å². The molecule has 24 heavy (non-hydrogen) atoms. The monoisotopic (exact) mass is 343 g/mol. The Morgan fingerprint density at radius 1 is 0.875 bits per heavy atom. The summed E-state index contributed by atoms with van der Waals surface area (Å²) in [6.45, 7) is 0.913. The molecular formula is C18H17NO4S. The number of benzene rings is 2. The molecule has 5 nitrogen and oxygen atoms in total. The highest BCUT2D eigenvalue weighted by atomic mass is 32.2. The van der Waals surface area contributed by atoms with Gasteiger partial charge in [-0.2, -0.15) is 0 Å². The van der Waals surface area contributed by atoms with E-state index >= 15 is 0 Å². The summed E-state index contributed by atoms with van der Waals surface area (Å²) >= 11 is 1.04. The first kappa shape index (κ1) is 16.4. The van der Waals surface area contributed by atoms with E-state index in [-0.39, 0.29) is 16.4 Å². The van der Waals surface area contributed by atoms with Crippen molar-refractivity contribution in [3.8, 4) is 11.5 Å². The fraction of sp³-hybridized carbons (Fsp3) is 0.222. The van der Waals surface area contributed by atoms with Crippen molar-refractivity contribution in [1.29, 1.82) is 0 Å². The lowest BCUT2D eigenvalue weighted by molar-refractivity contribution is -0.118. The van der Waals surface area contributed by atoms with E-state index in [0.717, 1.165) is 28.8 Å². The summed E-state index contributed by atoms with van der Waals surface area (Å²) < 4.78 is 11.2. The summed E-state index contributed by atoms with van der Waals surface area (Å²) in [6, 6.07) is 17.1. The van der Waals surface area contributed by atoms with E-state index in [0.29, 0.717) is 19.6 Å². The summed E-state index contributed by atoms with van der Waals surface area (Å²) in [5, 5.41) is 1.67. The molecule has 0 saturated carbocycles. The molecule has 124 valence electrons. The lowest BCUT2D eigenvalue weighted by Gasteiger charge is -2.09. The molecule has 2 amide bonds. The number of nitrogens with one attached hydrogen (secondary N) is 1. The minimum absolute atomic E-state index is 0.219. The number of carbonyl (C=O) groups is 2. The van der Waals surface area contributed by atoms with E-state index in [2.05, 4.69) is 5.32 Å². The zero-order valence-corrected chi connectivity index (χ0v) is 13.8. The summed E-state index contributed by atoms with van der Waals surface area (Å²) in [6.07, 6.45) is 0.527. The van der Waals surface area contributed by atoms with Gasteiger partial charge in [0.2, 0.25) is 5.91 Å². The number of thioether (sulfide) groups is 1. The summed E-state index contributed by atoms with van der Waals surface area (Å²) in [5.74, 6) is 1.34. The molecule has 1 aliphatic heterocycles. The Balaban J connectivity index is 1.43. The van der Waals surface area contributed by atoms with Crippen molar-refractivity contribution < 1.29 is 19.1 Å². The van der Waals surface area contributed by atoms with Gasteiger partial charge in [0, 0.05) is 0 Å². The summed E-state index contributed by atoms with van der Waals surface area (Å²) in [5.41, 5.74) is 0.991. The normalized spacial score (nSPS) is 16.8. The fourth-order valence-electron chi connectivity index (χ4n) is 2.30. The Bertz CT molecular complexity index is 703. The maximum absolute atomic E-state index is 11.6. The van der Waals surface area contributed by atoms with Crippen LogP contribution in [0.15, 0.2) is 54.6 Å². The quantitative estimate of drug-likeness (QED) is 0.783. The molecule has 1 saturated heterocycles. The Labute approximate surface area is 144 Å². The molecule has 1 heterocycles. The standard InChI is InChI=1S/C18H17NO4S/c20-17-16(24-18(21)19-17)12-13-6-8-15(9-7-13)23-11-10-22-14-4-2-1-3-5-14/h1-9,16H,10-12H2,(H,19,20,21). The van der Waals surface area contributed by atoms with Gasteiger partial charge in [-0.15, -0.1) is 0 Å². The topological polar surface area (TPSA) is 64.6 Å². The number of amides is 2. The van der Waals surface area contributed by atoms with E-state index in [1.165, 1.54) is 0 Å². The molecule has 1 N–H and O–H groups in total. The van der Waals surface area contributed by atoms with Crippen LogP contribution in [-0.2, 0) is 11.2 Å². The molecule has 0 radical (unpaired) electrons. The molecular weight excluding hydrogens is 326 g/mol. The van der Waals surface area contributed by atoms with Gasteiger partial charge in [0.05, 0.1) is 5.25 Å². The van der Waals surface area contributed by atoms with Crippen LogP contribution in [0.4, 0.5) is 4.79 Å². The second kappa shape index (κ2) is 7.88. The third-order valence-corrected chi connectivity index (χ3v) is 4.46. The largest absolute Gasteiger partial charge is 0.490 e. The minimum Gasteiger partial charge on any atom is -0.490 e. The van der Waals surface area contributed by atoms with Crippen LogP contribution in [0, 0.1) is 0 Å². The smallest absolute Gasteiger partial charge is 0.286 e. The van der Waals surface area contributed by atoms with Crippen LogP contribution in [0.1, 0.15) is 5.56 Å². The van der Waals surface area contributed by atoms with Crippen LogP contribution in [0.3, 0.4) is 0 Å². The van der Waals surface area contributed by atoms with Crippen LogP contribution in [0.5, 0.6) is 11.5 Å². The number of ether oxygens (including phenoxy) is 2. The number of hydrogen-bond donors (Lipinski definition) is 1. The first-order chi connectivity index (χ1) is 11.7. The van der Waals surface area contributed by atoms with Crippen LogP contribution < -0.4 is 14.8 Å². The van der Waals surface area contributed by atoms with Crippen molar-refractivity contribution in [3.63, 3.8) is 0 Å². The van der Waals surface area contributed by atoms with E-state index in [1.807, 2.05) is 54.6 Å². The van der Waals surface area contributed by atoms with Crippen molar-refractivity contribution in [2.75, 3.05) is 13.2 Å². The minimum atomic E-state index is -0.344. The number of hydrogen-bond acceptors (Lipinski definition) is 5. The average Bonchev–Trinajstić information content (AvgIpc) is 2.91. The van der Waals surface area contributed by atoms with Crippen LogP contribution in [0.2, 0.25) is 0 Å². The second-order valence-corrected chi connectivity index (χ2v) is 6.42. The highest BCUT2D eigenvalue weighted by molar-refractivity contribution is 8.15. The predicted octanol–water partition coefficient (Wildman–Crippen LogP) is 3.04. The first-order valence-corrected chi connectivity index (χ1v) is 8.50. The highest BCUT2D eigenvalue weighted by Gasteiger charge is 2.31. The maximum Gasteiger partial charge on any atom is 0.286 e. The number of para-hydroxylation sites is 1. The third-order valence-electron chi connectivity index (χ3n) is 3.48. The van der Waals surface area contributed by atoms with E-state index in [4.69, 9.17) is 9.47 Å². The molecule has 0 bridgehead atoms. The van der Waals surface area contributed by atoms with Crippen molar-refractivity contribution in [1.82, 2.24) is 5.32 Å². The molecule has 1 fully saturated rings. The maximum atomic E-state index is 11.6. The van der Waals surface area contributed by atoms with Gasteiger partial charge in [-0.05, 0) is 36.2 Å². The van der Waals surface area contributed by atoms with Gasteiger partial charge < -0.3 is 9.47 Å². The van der Waals surface area contributed by atoms with Gasteiger partial charge in [0.25, 0.3) is 5.24 Å². The van der Waals surface area contributed by atoms with Crippen LogP contribution in [-0.4, -0.2) is 29.6 Å². The van der Waals surface area contributed by atoms with E-state index < -0.39 is 0 Å². The first-order valence-electron chi connectivity index (χ1n) is 7.62. The SMILES string of the molecule is O=C1NC(=O)C(Cc2ccc(OCCOc3ccccc3)cc2)S1. The number of imide groups is 1. The molecule has 0 spiro atoms. The predicted molar refractivity (Wildman–Crippen MR) is 92.5 cm³/mol. The fourth-order valence-corrected chi connectivity index (χ4v) is 3.16. The molecule has 3 rings (SSSR count). The van der Waals surface area contributed by atoms with Gasteiger partial charge >= 0.3 is 0 Å². The molecule has 1 atom stereocenters. The van der Waals surface area contributed by atoms with E-state index in [1.54, 1.807) is 0 Å². The molecule has 0 aromatic heterocycles. The Morgan fingerprint density at radius 3 is 2.08 bits per heavy atom. The van der Waals surface area contributed by atoms with Crippen molar-refractivity contribution in [3.05, 3.63) is 60.2 Å². The number of rotatable bonds is 7. The van der Waals surface area contributed by atoms with Crippen molar-refractivity contribution in [2.45, 2.75) is 11.7 Å². The number of carbonyl (C=O) groups excluding carboxylic acids is 2. The lowest BCUT2D eigenvalue weighted by Crippen LogP contribution is -2.25. The van der Waals surface area contributed by atoms with Gasteiger partial charge in [0.1, 0.15) is 24.7 Å².